The van der Waals surface area contributed by atoms with Crippen molar-refractivity contribution in [1.82, 2.24) is 19.4 Å². The molecule has 2 aromatic heterocycles. The summed E-state index contributed by atoms with van der Waals surface area (Å²) in [7, 11) is 3.27. The number of halogens is 4. The highest BCUT2D eigenvalue weighted by molar-refractivity contribution is 5.90. The molecule has 0 radical (unpaired) electrons. The average molecular weight is 586 g/mol. The van der Waals surface area contributed by atoms with Crippen molar-refractivity contribution in [2.75, 3.05) is 19.4 Å². The number of benzene rings is 2. The van der Waals surface area contributed by atoms with Crippen molar-refractivity contribution in [2.45, 2.75) is 32.4 Å². The molecule has 220 valence electrons. The van der Waals surface area contributed by atoms with Crippen LogP contribution in [0, 0.1) is 23.3 Å². The third-order valence-corrected chi connectivity index (χ3v) is 6.15. The normalized spacial score (nSPS) is 11.3. The summed E-state index contributed by atoms with van der Waals surface area (Å²) in [5.74, 6) is -5.26. The maximum atomic E-state index is 14.6. The Labute approximate surface area is 237 Å². The number of fused-ring (bicyclic) bond motifs is 1. The number of nitrogens with one attached hydrogen (secondary N) is 2. The number of nitrogens with zero attached hydrogens (tertiary/aromatic N) is 3. The van der Waals surface area contributed by atoms with Crippen LogP contribution in [-0.4, -0.2) is 45.3 Å². The first-order valence-electron chi connectivity index (χ1n) is 12.8. The van der Waals surface area contributed by atoms with Crippen molar-refractivity contribution in [3.8, 4) is 5.75 Å². The first-order valence-corrected chi connectivity index (χ1v) is 12.8. The summed E-state index contributed by atoms with van der Waals surface area (Å²) < 4.78 is 62.7. The summed E-state index contributed by atoms with van der Waals surface area (Å²) in [5, 5.41) is 2.57. The van der Waals surface area contributed by atoms with Gasteiger partial charge in [0.05, 0.1) is 12.1 Å². The van der Waals surface area contributed by atoms with E-state index in [0.717, 1.165) is 18.2 Å². The number of hydrogen-bond donors (Lipinski definition) is 2. The van der Waals surface area contributed by atoms with E-state index >= 15 is 0 Å². The highest BCUT2D eigenvalue weighted by Crippen LogP contribution is 2.31. The van der Waals surface area contributed by atoms with Crippen LogP contribution in [0.3, 0.4) is 0 Å². The van der Waals surface area contributed by atoms with E-state index in [9.17, 15) is 31.9 Å². The maximum Gasteiger partial charge on any atom is 0.274 e. The van der Waals surface area contributed by atoms with Gasteiger partial charge in [0.25, 0.3) is 5.56 Å². The van der Waals surface area contributed by atoms with Crippen LogP contribution in [0.4, 0.5) is 23.2 Å². The molecule has 2 N–H and O–H groups in total. The number of likely N-dealkylation sites (N-methyl/N-ethyl adjacent to an activating group) is 1. The van der Waals surface area contributed by atoms with Crippen molar-refractivity contribution in [2.24, 2.45) is 0 Å². The zero-order chi connectivity index (χ0) is 30.4. The number of allylic oxidation sites excluding steroid dienone is 1. The number of rotatable bonds is 11. The fourth-order valence-electron chi connectivity index (χ4n) is 3.96. The monoisotopic (exact) mass is 585 g/mol. The number of unbranched alkanes of at least 4 members (excludes halogenated alkanes) is 1. The van der Waals surface area contributed by atoms with Crippen LogP contribution in [0.1, 0.15) is 30.7 Å². The topological polar surface area (TPSA) is 109 Å². The van der Waals surface area contributed by atoms with Gasteiger partial charge in [-0.05, 0) is 43.2 Å². The van der Waals surface area contributed by atoms with Gasteiger partial charge in [-0.1, -0.05) is 6.08 Å². The molecule has 0 fully saturated rings. The molecule has 0 aliphatic rings. The van der Waals surface area contributed by atoms with Gasteiger partial charge in [0, 0.05) is 44.4 Å². The number of H-pyrrole nitrogens is 1. The molecule has 0 saturated heterocycles. The highest BCUT2D eigenvalue weighted by atomic mass is 19.2. The summed E-state index contributed by atoms with van der Waals surface area (Å²) in [6, 6.07) is 6.63. The van der Waals surface area contributed by atoms with E-state index in [4.69, 9.17) is 4.74 Å². The molecule has 0 bridgehead atoms. The molecular weight excluding hydrogens is 558 g/mol. The number of imidazole rings is 1. The van der Waals surface area contributed by atoms with Gasteiger partial charge in [-0.15, -0.1) is 0 Å². The molecule has 2 amide bonds. The van der Waals surface area contributed by atoms with E-state index in [1.165, 1.54) is 27.8 Å². The number of carbonyl (C=O) groups is 2. The molecular formula is C29H27F4N5O4. The first-order chi connectivity index (χ1) is 20.0. The van der Waals surface area contributed by atoms with Crippen molar-refractivity contribution in [3.05, 3.63) is 99.8 Å². The van der Waals surface area contributed by atoms with Gasteiger partial charge in [-0.3, -0.25) is 14.4 Å². The minimum Gasteiger partial charge on any atom is -0.483 e. The quantitative estimate of drug-likeness (QED) is 0.151. The van der Waals surface area contributed by atoms with E-state index in [2.05, 4.69) is 15.3 Å². The molecule has 2 aromatic carbocycles. The highest BCUT2D eigenvalue weighted by Gasteiger charge is 2.20. The summed E-state index contributed by atoms with van der Waals surface area (Å²) in [6.07, 6.45) is 5.65. The van der Waals surface area contributed by atoms with Crippen LogP contribution in [0.15, 0.2) is 59.5 Å². The molecule has 13 heteroatoms. The smallest absolute Gasteiger partial charge is 0.274 e. The second kappa shape index (κ2) is 13.1. The molecule has 4 rings (SSSR count). The van der Waals surface area contributed by atoms with Gasteiger partial charge in [-0.25, -0.2) is 18.2 Å². The molecule has 42 heavy (non-hydrogen) atoms. The number of amides is 2. The summed E-state index contributed by atoms with van der Waals surface area (Å²) in [6.45, 7) is -0.660. The van der Waals surface area contributed by atoms with E-state index in [-0.39, 0.29) is 52.9 Å². The van der Waals surface area contributed by atoms with Gasteiger partial charge in [0.15, 0.2) is 11.6 Å². The lowest BCUT2D eigenvalue weighted by Gasteiger charge is -2.09. The fourth-order valence-corrected chi connectivity index (χ4v) is 3.96. The van der Waals surface area contributed by atoms with Crippen LogP contribution in [0.25, 0.3) is 11.0 Å². The minimum absolute atomic E-state index is 0.0272. The number of pyridine rings is 1. The van der Waals surface area contributed by atoms with Crippen LogP contribution >= 0.6 is 0 Å². The Hall–Kier alpha value is -4.94. The summed E-state index contributed by atoms with van der Waals surface area (Å²) in [4.78, 5) is 45.4. The lowest BCUT2D eigenvalue weighted by atomic mass is 10.2. The zero-order valence-electron chi connectivity index (χ0n) is 22.7. The van der Waals surface area contributed by atoms with E-state index in [0.29, 0.717) is 18.9 Å². The molecule has 0 atom stereocenters. The third kappa shape index (κ3) is 7.22. The number of ether oxygens (including phenoxy) is 1. The number of aromatic amines is 1. The van der Waals surface area contributed by atoms with Crippen LogP contribution in [0.5, 0.6) is 5.75 Å². The lowest BCUT2D eigenvalue weighted by Crippen LogP contribution is -2.26. The molecule has 0 aliphatic heterocycles. The SMILES string of the molecule is CN(C)C(=O)/C=C/CCCC(=O)Nc1cccn(Cc2nc3c(OCc4ccc(F)cc4F)c(F)c(F)cc3[nH]2)c1=O. The average Bonchev–Trinajstić information content (AvgIpc) is 3.33. The number of hydrogen-bond acceptors (Lipinski definition) is 5. The number of carbonyl (C=O) groups excluding carboxylic acids is 2. The minimum atomic E-state index is -1.34. The largest absolute Gasteiger partial charge is 0.483 e. The van der Waals surface area contributed by atoms with Crippen molar-refractivity contribution < 1.29 is 31.9 Å². The van der Waals surface area contributed by atoms with Crippen molar-refractivity contribution >= 4 is 28.5 Å². The Morgan fingerprint density at radius 2 is 1.90 bits per heavy atom. The molecule has 0 unspecified atom stereocenters. The van der Waals surface area contributed by atoms with Crippen molar-refractivity contribution in [3.63, 3.8) is 0 Å². The van der Waals surface area contributed by atoms with Crippen molar-refractivity contribution in [1.29, 1.82) is 0 Å². The number of anilines is 1. The Bertz CT molecular complexity index is 1710. The molecule has 4 aromatic rings. The molecule has 2 heterocycles. The second-order valence-electron chi connectivity index (χ2n) is 9.54. The van der Waals surface area contributed by atoms with E-state index in [1.807, 2.05) is 0 Å². The predicted octanol–water partition coefficient (Wildman–Crippen LogP) is 4.66. The lowest BCUT2D eigenvalue weighted by molar-refractivity contribution is -0.123. The standard InChI is InChI=1S/C29H27F4N5O4/c1-37(2)25(40)9-5-3-4-8-24(39)35-21-7-6-12-38(29(21)41)15-23-34-22-14-20(32)26(33)28(27(22)36-23)42-16-17-10-11-18(30)13-19(17)31/h5-7,9-14H,3-4,8,15-16H2,1-2H3,(H,34,36)(H,35,39)/b9-5+. The molecule has 0 spiro atoms. The summed E-state index contributed by atoms with van der Waals surface area (Å²) >= 11 is 0. The summed E-state index contributed by atoms with van der Waals surface area (Å²) in [5.41, 5.74) is -0.615. The van der Waals surface area contributed by atoms with E-state index in [1.54, 1.807) is 26.2 Å². The fraction of sp³-hybridized carbons (Fsp3) is 0.241. The van der Waals surface area contributed by atoms with Gasteiger partial charge in [0.2, 0.25) is 17.6 Å². The van der Waals surface area contributed by atoms with Gasteiger partial charge >= 0.3 is 0 Å². The Morgan fingerprint density at radius 3 is 2.64 bits per heavy atom. The Balaban J connectivity index is 1.46. The molecule has 0 saturated carbocycles. The van der Waals surface area contributed by atoms with Crippen LogP contribution in [0.2, 0.25) is 0 Å². The Kier molecular flexibility index (Phi) is 9.40. The predicted molar refractivity (Wildman–Crippen MR) is 147 cm³/mol. The number of aromatic nitrogens is 3. The van der Waals surface area contributed by atoms with Crippen LogP contribution in [-0.2, 0) is 22.7 Å². The van der Waals surface area contributed by atoms with E-state index < -0.39 is 41.2 Å². The van der Waals surface area contributed by atoms with Gasteiger partial charge in [0.1, 0.15) is 35.3 Å². The Morgan fingerprint density at radius 1 is 1.12 bits per heavy atom. The second-order valence-corrected chi connectivity index (χ2v) is 9.54. The molecule has 9 nitrogen and oxygen atoms in total. The van der Waals surface area contributed by atoms with Gasteiger partial charge in [-0.2, -0.15) is 4.39 Å². The third-order valence-electron chi connectivity index (χ3n) is 6.15. The zero-order valence-corrected chi connectivity index (χ0v) is 22.7. The maximum absolute atomic E-state index is 14.6. The molecule has 0 aliphatic carbocycles. The first kappa shape index (κ1) is 30.0. The van der Waals surface area contributed by atoms with Gasteiger partial charge < -0.3 is 24.5 Å². The van der Waals surface area contributed by atoms with Crippen LogP contribution < -0.4 is 15.6 Å².